The Morgan fingerprint density at radius 3 is 2.57 bits per heavy atom. The SMILES string of the molecule is Cc1ccsc1C(C)NCCC(C)C. The van der Waals surface area contributed by atoms with Crippen molar-refractivity contribution in [1.82, 2.24) is 5.32 Å². The summed E-state index contributed by atoms with van der Waals surface area (Å²) in [4.78, 5) is 1.48. The van der Waals surface area contributed by atoms with Gasteiger partial charge in [0, 0.05) is 10.9 Å². The number of nitrogens with one attached hydrogen (secondary N) is 1. The van der Waals surface area contributed by atoms with Crippen molar-refractivity contribution >= 4 is 11.3 Å². The third-order valence-electron chi connectivity index (χ3n) is 2.47. The highest BCUT2D eigenvalue weighted by Crippen LogP contribution is 2.23. The van der Waals surface area contributed by atoms with Gasteiger partial charge in [-0.1, -0.05) is 13.8 Å². The fourth-order valence-electron chi connectivity index (χ4n) is 1.51. The third kappa shape index (κ3) is 3.43. The van der Waals surface area contributed by atoms with Crippen molar-refractivity contribution in [2.75, 3.05) is 6.54 Å². The van der Waals surface area contributed by atoms with E-state index < -0.39 is 0 Å². The van der Waals surface area contributed by atoms with Crippen molar-refractivity contribution in [3.8, 4) is 0 Å². The van der Waals surface area contributed by atoms with Gasteiger partial charge in [0.2, 0.25) is 0 Å². The fraction of sp³-hybridized carbons (Fsp3) is 0.667. The molecule has 0 saturated carbocycles. The van der Waals surface area contributed by atoms with Crippen LogP contribution in [0.25, 0.3) is 0 Å². The number of hydrogen-bond donors (Lipinski definition) is 1. The van der Waals surface area contributed by atoms with Gasteiger partial charge in [0.05, 0.1) is 0 Å². The molecule has 14 heavy (non-hydrogen) atoms. The van der Waals surface area contributed by atoms with Crippen LogP contribution in [0, 0.1) is 12.8 Å². The second-order valence-corrected chi connectivity index (χ2v) is 5.27. The lowest BCUT2D eigenvalue weighted by Crippen LogP contribution is -2.20. The summed E-state index contributed by atoms with van der Waals surface area (Å²) in [7, 11) is 0. The van der Waals surface area contributed by atoms with Gasteiger partial charge in [0.1, 0.15) is 0 Å². The summed E-state index contributed by atoms with van der Waals surface area (Å²) < 4.78 is 0. The molecule has 80 valence electrons. The Kier molecular flexibility index (Phi) is 4.63. The Hall–Kier alpha value is -0.340. The zero-order chi connectivity index (χ0) is 10.6. The van der Waals surface area contributed by atoms with Crippen LogP contribution in [0.1, 0.15) is 43.7 Å². The van der Waals surface area contributed by atoms with E-state index >= 15 is 0 Å². The number of aryl methyl sites for hydroxylation is 1. The zero-order valence-corrected chi connectivity index (χ0v) is 10.4. The van der Waals surface area contributed by atoms with E-state index in [0.29, 0.717) is 6.04 Å². The quantitative estimate of drug-likeness (QED) is 0.782. The molecule has 2 heteroatoms. The smallest absolute Gasteiger partial charge is 0.0388 e. The predicted octanol–water partition coefficient (Wildman–Crippen LogP) is 3.75. The Labute approximate surface area is 91.5 Å². The van der Waals surface area contributed by atoms with E-state index in [-0.39, 0.29) is 0 Å². The molecule has 1 nitrogen and oxygen atoms in total. The molecule has 0 aliphatic rings. The minimum atomic E-state index is 0.508. The van der Waals surface area contributed by atoms with Gasteiger partial charge >= 0.3 is 0 Å². The van der Waals surface area contributed by atoms with E-state index in [1.165, 1.54) is 16.9 Å². The molecular weight excluding hydrogens is 190 g/mol. The minimum Gasteiger partial charge on any atom is -0.309 e. The Morgan fingerprint density at radius 1 is 1.36 bits per heavy atom. The van der Waals surface area contributed by atoms with Gasteiger partial charge in [0.25, 0.3) is 0 Å². The number of thiophene rings is 1. The van der Waals surface area contributed by atoms with Crippen LogP contribution < -0.4 is 5.32 Å². The summed E-state index contributed by atoms with van der Waals surface area (Å²) in [5.41, 5.74) is 1.42. The fourth-order valence-corrected chi connectivity index (χ4v) is 2.47. The van der Waals surface area contributed by atoms with Crippen molar-refractivity contribution in [2.45, 2.75) is 40.2 Å². The normalized spacial score (nSPS) is 13.5. The predicted molar refractivity (Wildman–Crippen MR) is 64.9 cm³/mol. The van der Waals surface area contributed by atoms with Crippen LogP contribution in [-0.4, -0.2) is 6.54 Å². The van der Waals surface area contributed by atoms with Gasteiger partial charge in [-0.05, 0) is 49.7 Å². The molecule has 0 aliphatic heterocycles. The molecule has 0 bridgehead atoms. The molecule has 0 aliphatic carbocycles. The number of rotatable bonds is 5. The maximum absolute atomic E-state index is 3.57. The summed E-state index contributed by atoms with van der Waals surface area (Å²) in [6.45, 7) is 10.1. The minimum absolute atomic E-state index is 0.508. The van der Waals surface area contributed by atoms with Gasteiger partial charge in [-0.25, -0.2) is 0 Å². The van der Waals surface area contributed by atoms with E-state index in [2.05, 4.69) is 44.5 Å². The van der Waals surface area contributed by atoms with Crippen molar-refractivity contribution in [1.29, 1.82) is 0 Å². The average molecular weight is 211 g/mol. The molecule has 1 aromatic heterocycles. The lowest BCUT2D eigenvalue weighted by atomic mass is 10.1. The molecule has 0 amide bonds. The molecule has 1 unspecified atom stereocenters. The van der Waals surface area contributed by atoms with E-state index in [1.807, 2.05) is 11.3 Å². The van der Waals surface area contributed by atoms with Crippen LogP contribution in [0.15, 0.2) is 11.4 Å². The van der Waals surface area contributed by atoms with Gasteiger partial charge in [-0.2, -0.15) is 0 Å². The van der Waals surface area contributed by atoms with E-state index in [9.17, 15) is 0 Å². The topological polar surface area (TPSA) is 12.0 Å². The van der Waals surface area contributed by atoms with Crippen molar-refractivity contribution < 1.29 is 0 Å². The highest BCUT2D eigenvalue weighted by Gasteiger charge is 2.08. The van der Waals surface area contributed by atoms with Gasteiger partial charge in [-0.15, -0.1) is 11.3 Å². The lowest BCUT2D eigenvalue weighted by molar-refractivity contribution is 0.500. The zero-order valence-electron chi connectivity index (χ0n) is 9.63. The first-order chi connectivity index (χ1) is 6.61. The molecule has 0 aromatic carbocycles. The Balaban J connectivity index is 2.36. The van der Waals surface area contributed by atoms with E-state index in [0.717, 1.165) is 12.5 Å². The van der Waals surface area contributed by atoms with Crippen molar-refractivity contribution in [3.05, 3.63) is 21.9 Å². The van der Waals surface area contributed by atoms with Crippen LogP contribution in [0.5, 0.6) is 0 Å². The summed E-state index contributed by atoms with van der Waals surface area (Å²) >= 11 is 1.85. The second kappa shape index (κ2) is 5.52. The molecule has 0 radical (unpaired) electrons. The molecule has 1 aromatic rings. The third-order valence-corrected chi connectivity index (χ3v) is 3.67. The molecule has 0 fully saturated rings. The van der Waals surface area contributed by atoms with E-state index in [4.69, 9.17) is 0 Å². The highest BCUT2D eigenvalue weighted by atomic mass is 32.1. The highest BCUT2D eigenvalue weighted by molar-refractivity contribution is 7.10. The summed E-state index contributed by atoms with van der Waals surface area (Å²) in [5.74, 6) is 0.791. The summed E-state index contributed by atoms with van der Waals surface area (Å²) in [5, 5.41) is 5.74. The van der Waals surface area contributed by atoms with Gasteiger partial charge in [-0.3, -0.25) is 0 Å². The van der Waals surface area contributed by atoms with Crippen molar-refractivity contribution in [3.63, 3.8) is 0 Å². The first kappa shape index (κ1) is 11.7. The first-order valence-corrected chi connectivity index (χ1v) is 6.26. The molecule has 1 atom stereocenters. The molecule has 0 spiro atoms. The van der Waals surface area contributed by atoms with Crippen LogP contribution in [0.4, 0.5) is 0 Å². The number of hydrogen-bond acceptors (Lipinski definition) is 2. The van der Waals surface area contributed by atoms with Gasteiger partial charge < -0.3 is 5.32 Å². The second-order valence-electron chi connectivity index (χ2n) is 4.33. The lowest BCUT2D eigenvalue weighted by Gasteiger charge is -2.14. The molecule has 0 saturated heterocycles. The molecule has 1 N–H and O–H groups in total. The van der Waals surface area contributed by atoms with Crippen LogP contribution >= 0.6 is 11.3 Å². The van der Waals surface area contributed by atoms with Gasteiger partial charge in [0.15, 0.2) is 0 Å². The first-order valence-electron chi connectivity index (χ1n) is 5.38. The largest absolute Gasteiger partial charge is 0.309 e. The Bertz CT molecular complexity index is 265. The molecule has 1 rings (SSSR count). The summed E-state index contributed by atoms with van der Waals surface area (Å²) in [6.07, 6.45) is 1.26. The van der Waals surface area contributed by atoms with E-state index in [1.54, 1.807) is 0 Å². The molecule has 1 heterocycles. The van der Waals surface area contributed by atoms with Crippen LogP contribution in [0.2, 0.25) is 0 Å². The monoisotopic (exact) mass is 211 g/mol. The standard InChI is InChI=1S/C12H21NS/c1-9(2)5-7-13-11(4)12-10(3)6-8-14-12/h6,8-9,11,13H,5,7H2,1-4H3. The maximum atomic E-state index is 3.57. The maximum Gasteiger partial charge on any atom is 0.0388 e. The average Bonchev–Trinajstić information content (AvgIpc) is 2.50. The Morgan fingerprint density at radius 2 is 2.07 bits per heavy atom. The van der Waals surface area contributed by atoms with Crippen LogP contribution in [0.3, 0.4) is 0 Å². The summed E-state index contributed by atoms with van der Waals surface area (Å²) in [6, 6.07) is 2.70. The molecular formula is C12H21NS. The van der Waals surface area contributed by atoms with Crippen molar-refractivity contribution in [2.24, 2.45) is 5.92 Å². The van der Waals surface area contributed by atoms with Crippen LogP contribution in [-0.2, 0) is 0 Å².